The van der Waals surface area contributed by atoms with E-state index in [0.717, 1.165) is 0 Å². The molecule has 2 N–H and O–H groups in total. The highest BCUT2D eigenvalue weighted by Gasteiger charge is 2.15. The van der Waals surface area contributed by atoms with Crippen LogP contribution in [0.5, 0.6) is 17.2 Å². The fourth-order valence-electron chi connectivity index (χ4n) is 2.63. The van der Waals surface area contributed by atoms with Crippen molar-refractivity contribution >= 4 is 29.2 Å². The van der Waals surface area contributed by atoms with Crippen molar-refractivity contribution < 1.29 is 33.3 Å². The lowest BCUT2D eigenvalue weighted by molar-refractivity contribution is -0.114. The molecular formula is C22H24N2O7. The number of nitrogens with one attached hydrogen (secondary N) is 2. The molecule has 0 atom stereocenters. The van der Waals surface area contributed by atoms with E-state index in [1.807, 2.05) is 0 Å². The van der Waals surface area contributed by atoms with Crippen molar-refractivity contribution in [2.24, 2.45) is 0 Å². The zero-order valence-corrected chi connectivity index (χ0v) is 17.9. The summed E-state index contributed by atoms with van der Waals surface area (Å²) < 4.78 is 20.4. The Balaban J connectivity index is 2.08. The number of carbonyl (C=O) groups is 3. The molecule has 0 aromatic heterocycles. The van der Waals surface area contributed by atoms with E-state index in [-0.39, 0.29) is 5.57 Å². The van der Waals surface area contributed by atoms with Gasteiger partial charge in [0, 0.05) is 35.2 Å². The molecule has 0 fully saturated rings. The van der Waals surface area contributed by atoms with Gasteiger partial charge in [-0.3, -0.25) is 9.59 Å². The molecule has 0 saturated heterocycles. The molecular weight excluding hydrogens is 404 g/mol. The van der Waals surface area contributed by atoms with Gasteiger partial charge in [-0.15, -0.1) is 0 Å². The summed E-state index contributed by atoms with van der Waals surface area (Å²) in [4.78, 5) is 36.2. The van der Waals surface area contributed by atoms with E-state index < -0.39 is 17.8 Å². The molecule has 0 radical (unpaired) electrons. The van der Waals surface area contributed by atoms with Gasteiger partial charge >= 0.3 is 5.97 Å². The lowest BCUT2D eigenvalue weighted by Gasteiger charge is -2.14. The number of anilines is 2. The Morgan fingerprint density at radius 1 is 0.806 bits per heavy atom. The van der Waals surface area contributed by atoms with Gasteiger partial charge in [0.25, 0.3) is 5.91 Å². The molecule has 0 aliphatic rings. The summed E-state index contributed by atoms with van der Waals surface area (Å²) in [5.74, 6) is -0.296. The van der Waals surface area contributed by atoms with Crippen LogP contribution >= 0.6 is 0 Å². The molecule has 0 saturated carbocycles. The van der Waals surface area contributed by atoms with E-state index in [1.54, 1.807) is 24.3 Å². The monoisotopic (exact) mass is 428 g/mol. The average molecular weight is 428 g/mol. The van der Waals surface area contributed by atoms with Crippen molar-refractivity contribution in [3.05, 3.63) is 53.6 Å². The van der Waals surface area contributed by atoms with Crippen molar-refractivity contribution in [3.63, 3.8) is 0 Å². The second-order valence-electron chi connectivity index (χ2n) is 6.25. The summed E-state index contributed by atoms with van der Waals surface area (Å²) in [7, 11) is 5.70. The minimum atomic E-state index is -0.511. The van der Waals surface area contributed by atoms with Crippen LogP contribution in [0.3, 0.4) is 0 Å². The number of benzene rings is 2. The molecule has 0 aliphatic heterocycles. The maximum Gasteiger partial charge on any atom is 0.337 e. The number of carbonyl (C=O) groups excluding carboxylic acids is 3. The standard InChI is InChI=1S/C22H24N2O7/c1-13(21(26)24-15-8-6-14(7-9-15)22(27)31-5)10-19(25)23-16-11-17(28-2)20(30-4)18(12-16)29-3/h6-12H,1-5H3,(H,23,25)(H,24,26)/b13-10+. The van der Waals surface area contributed by atoms with Crippen LogP contribution in [0.15, 0.2) is 48.0 Å². The number of hydrogen-bond acceptors (Lipinski definition) is 7. The Hall–Kier alpha value is -4.01. The van der Waals surface area contributed by atoms with E-state index in [0.29, 0.717) is 34.2 Å². The predicted octanol–water partition coefficient (Wildman–Crippen LogP) is 3.02. The van der Waals surface area contributed by atoms with Gasteiger partial charge in [-0.25, -0.2) is 4.79 Å². The first-order valence-electron chi connectivity index (χ1n) is 9.12. The largest absolute Gasteiger partial charge is 0.493 e. The number of amides is 2. The lowest BCUT2D eigenvalue weighted by atomic mass is 10.2. The van der Waals surface area contributed by atoms with Crippen LogP contribution in [0.2, 0.25) is 0 Å². The summed E-state index contributed by atoms with van der Waals surface area (Å²) in [5.41, 5.74) is 1.41. The van der Waals surface area contributed by atoms with Crippen LogP contribution < -0.4 is 24.8 Å². The number of ether oxygens (including phenoxy) is 4. The fourth-order valence-corrected chi connectivity index (χ4v) is 2.63. The molecule has 0 bridgehead atoms. The molecule has 164 valence electrons. The molecule has 0 heterocycles. The first-order chi connectivity index (χ1) is 14.8. The normalized spacial score (nSPS) is 10.7. The van der Waals surface area contributed by atoms with Crippen molar-refractivity contribution in [2.45, 2.75) is 6.92 Å². The van der Waals surface area contributed by atoms with Crippen LogP contribution in [0, 0.1) is 0 Å². The van der Waals surface area contributed by atoms with Crippen LogP contribution in [0.1, 0.15) is 17.3 Å². The third-order valence-electron chi connectivity index (χ3n) is 4.20. The first kappa shape index (κ1) is 23.3. The summed E-state index contributed by atoms with van der Waals surface area (Å²) in [6, 6.07) is 9.33. The van der Waals surface area contributed by atoms with Crippen molar-refractivity contribution in [1.82, 2.24) is 0 Å². The smallest absolute Gasteiger partial charge is 0.337 e. The highest BCUT2D eigenvalue weighted by atomic mass is 16.5. The second kappa shape index (κ2) is 10.7. The topological polar surface area (TPSA) is 112 Å². The fraction of sp³-hybridized carbons (Fsp3) is 0.227. The van der Waals surface area contributed by atoms with Gasteiger partial charge in [0.15, 0.2) is 11.5 Å². The van der Waals surface area contributed by atoms with Crippen LogP contribution in [0.25, 0.3) is 0 Å². The number of methoxy groups -OCH3 is 4. The molecule has 2 rings (SSSR count). The zero-order chi connectivity index (χ0) is 23.0. The molecule has 0 aliphatic carbocycles. The Morgan fingerprint density at radius 2 is 1.39 bits per heavy atom. The van der Waals surface area contributed by atoms with Gasteiger partial charge in [0.05, 0.1) is 34.0 Å². The minimum Gasteiger partial charge on any atom is -0.493 e. The Kier molecular flexibility index (Phi) is 8.01. The third-order valence-corrected chi connectivity index (χ3v) is 4.20. The van der Waals surface area contributed by atoms with Gasteiger partial charge in [-0.05, 0) is 31.2 Å². The van der Waals surface area contributed by atoms with E-state index in [4.69, 9.17) is 14.2 Å². The molecule has 2 aromatic carbocycles. The van der Waals surface area contributed by atoms with Crippen molar-refractivity contribution in [3.8, 4) is 17.2 Å². The summed E-state index contributed by atoms with van der Waals surface area (Å²) in [5, 5.41) is 5.31. The van der Waals surface area contributed by atoms with Gasteiger partial charge < -0.3 is 29.6 Å². The Labute approximate surface area is 179 Å². The summed E-state index contributed by atoms with van der Waals surface area (Å²) in [6.45, 7) is 1.51. The van der Waals surface area contributed by atoms with E-state index in [1.165, 1.54) is 53.6 Å². The average Bonchev–Trinajstić information content (AvgIpc) is 2.77. The van der Waals surface area contributed by atoms with Crippen molar-refractivity contribution in [2.75, 3.05) is 39.1 Å². The molecule has 9 nitrogen and oxygen atoms in total. The highest BCUT2D eigenvalue weighted by Crippen LogP contribution is 2.39. The molecule has 2 amide bonds. The Bertz CT molecular complexity index is 972. The lowest BCUT2D eigenvalue weighted by Crippen LogP contribution is -2.16. The zero-order valence-electron chi connectivity index (χ0n) is 17.9. The van der Waals surface area contributed by atoms with Gasteiger partial charge in [-0.1, -0.05) is 0 Å². The third kappa shape index (κ3) is 5.99. The van der Waals surface area contributed by atoms with E-state index in [9.17, 15) is 14.4 Å². The Morgan fingerprint density at radius 3 is 1.87 bits per heavy atom. The van der Waals surface area contributed by atoms with E-state index in [2.05, 4.69) is 15.4 Å². The SMILES string of the molecule is COC(=O)c1ccc(NC(=O)/C(C)=C/C(=O)Nc2cc(OC)c(OC)c(OC)c2)cc1. The maximum absolute atomic E-state index is 12.4. The van der Waals surface area contributed by atoms with E-state index >= 15 is 0 Å². The molecule has 9 heteroatoms. The van der Waals surface area contributed by atoms with Crippen LogP contribution in [0.4, 0.5) is 11.4 Å². The molecule has 0 spiro atoms. The van der Waals surface area contributed by atoms with Gasteiger partial charge in [0.2, 0.25) is 11.7 Å². The van der Waals surface area contributed by atoms with Gasteiger partial charge in [0.1, 0.15) is 0 Å². The van der Waals surface area contributed by atoms with Crippen LogP contribution in [-0.2, 0) is 14.3 Å². The molecule has 2 aromatic rings. The summed E-state index contributed by atoms with van der Waals surface area (Å²) in [6.07, 6.45) is 1.17. The number of hydrogen-bond donors (Lipinski definition) is 2. The van der Waals surface area contributed by atoms with Crippen molar-refractivity contribution in [1.29, 1.82) is 0 Å². The minimum absolute atomic E-state index is 0.182. The highest BCUT2D eigenvalue weighted by molar-refractivity contribution is 6.10. The first-order valence-corrected chi connectivity index (χ1v) is 9.12. The van der Waals surface area contributed by atoms with Crippen LogP contribution in [-0.4, -0.2) is 46.2 Å². The molecule has 31 heavy (non-hydrogen) atoms. The number of esters is 1. The summed E-state index contributed by atoms with van der Waals surface area (Å²) >= 11 is 0. The maximum atomic E-state index is 12.4. The molecule has 0 unspecified atom stereocenters. The second-order valence-corrected chi connectivity index (χ2v) is 6.25. The van der Waals surface area contributed by atoms with Gasteiger partial charge in [-0.2, -0.15) is 0 Å². The predicted molar refractivity (Wildman–Crippen MR) is 115 cm³/mol. The number of rotatable bonds is 8. The quantitative estimate of drug-likeness (QED) is 0.491.